The SMILES string of the molecule is Cc1nnn(-c2ccc(C(F)F)cc2)c1COc1ccc(N2CC(C(=O)N3CC(C)OC(C)C3)C2)nn1. The van der Waals surface area contributed by atoms with Gasteiger partial charge in [0.05, 0.1) is 29.5 Å². The number of halogens is 2. The molecular formula is C25H29F2N7O3. The molecule has 196 valence electrons. The van der Waals surface area contributed by atoms with Crippen LogP contribution in [0.5, 0.6) is 5.88 Å². The van der Waals surface area contributed by atoms with Crippen LogP contribution in [0.4, 0.5) is 14.6 Å². The molecule has 1 aromatic carbocycles. The first kappa shape index (κ1) is 25.0. The van der Waals surface area contributed by atoms with Gasteiger partial charge in [-0.05, 0) is 39.0 Å². The third kappa shape index (κ3) is 5.38. The van der Waals surface area contributed by atoms with Gasteiger partial charge < -0.3 is 19.3 Å². The normalized spacial score (nSPS) is 20.3. The van der Waals surface area contributed by atoms with E-state index in [4.69, 9.17) is 9.47 Å². The van der Waals surface area contributed by atoms with E-state index in [0.29, 0.717) is 55.0 Å². The first-order valence-corrected chi connectivity index (χ1v) is 12.2. The number of rotatable bonds is 7. The van der Waals surface area contributed by atoms with E-state index in [-0.39, 0.29) is 36.2 Å². The highest BCUT2D eigenvalue weighted by Crippen LogP contribution is 2.26. The number of amides is 1. The smallest absolute Gasteiger partial charge is 0.263 e. The van der Waals surface area contributed by atoms with E-state index >= 15 is 0 Å². The van der Waals surface area contributed by atoms with Gasteiger partial charge in [0.1, 0.15) is 12.3 Å². The quantitative estimate of drug-likeness (QED) is 0.476. The van der Waals surface area contributed by atoms with Crippen LogP contribution in [-0.2, 0) is 16.1 Å². The van der Waals surface area contributed by atoms with Gasteiger partial charge in [-0.15, -0.1) is 15.3 Å². The van der Waals surface area contributed by atoms with Gasteiger partial charge in [0.2, 0.25) is 11.8 Å². The van der Waals surface area contributed by atoms with Crippen molar-refractivity contribution in [1.82, 2.24) is 30.1 Å². The molecule has 2 saturated heterocycles. The van der Waals surface area contributed by atoms with Crippen molar-refractivity contribution in [2.45, 2.75) is 46.0 Å². The predicted octanol–water partition coefficient (Wildman–Crippen LogP) is 2.95. The Morgan fingerprint density at radius 2 is 1.73 bits per heavy atom. The monoisotopic (exact) mass is 513 g/mol. The maximum absolute atomic E-state index is 12.9. The summed E-state index contributed by atoms with van der Waals surface area (Å²) in [7, 11) is 0. The van der Waals surface area contributed by atoms with Crippen LogP contribution < -0.4 is 9.64 Å². The zero-order valence-electron chi connectivity index (χ0n) is 20.9. The average Bonchev–Trinajstić information content (AvgIpc) is 3.22. The summed E-state index contributed by atoms with van der Waals surface area (Å²) in [6.45, 7) is 8.34. The Labute approximate surface area is 213 Å². The van der Waals surface area contributed by atoms with Crippen LogP contribution in [0.3, 0.4) is 0 Å². The molecule has 2 atom stereocenters. The first-order valence-electron chi connectivity index (χ1n) is 12.2. The third-order valence-corrected chi connectivity index (χ3v) is 6.62. The Bertz CT molecular complexity index is 1220. The first-order chi connectivity index (χ1) is 17.8. The lowest BCUT2D eigenvalue weighted by Gasteiger charge is -2.43. The lowest BCUT2D eigenvalue weighted by atomic mass is 9.97. The minimum Gasteiger partial charge on any atom is -0.470 e. The summed E-state index contributed by atoms with van der Waals surface area (Å²) >= 11 is 0. The number of hydrogen-bond donors (Lipinski definition) is 0. The molecule has 0 N–H and O–H groups in total. The van der Waals surface area contributed by atoms with Crippen molar-refractivity contribution in [2.24, 2.45) is 5.92 Å². The van der Waals surface area contributed by atoms with Crippen molar-refractivity contribution in [3.8, 4) is 11.6 Å². The number of aryl methyl sites for hydroxylation is 1. The van der Waals surface area contributed by atoms with E-state index in [1.54, 1.807) is 29.8 Å². The maximum Gasteiger partial charge on any atom is 0.263 e. The number of nitrogens with zero attached hydrogens (tertiary/aromatic N) is 7. The summed E-state index contributed by atoms with van der Waals surface area (Å²) in [4.78, 5) is 16.8. The van der Waals surface area contributed by atoms with Crippen LogP contribution >= 0.6 is 0 Å². The standard InChI is InChI=1S/C25H29F2N7O3/c1-15-10-33(11-16(2)37-15)25(35)19-12-32(13-19)22-8-9-23(30-29-22)36-14-21-17(3)28-31-34(21)20-6-4-18(5-7-20)24(26)27/h4-9,15-16,19,24H,10-14H2,1-3H3. The minimum absolute atomic E-state index is 0.0477. The molecule has 0 bridgehead atoms. The van der Waals surface area contributed by atoms with Gasteiger partial charge in [0.15, 0.2) is 5.82 Å². The van der Waals surface area contributed by atoms with Crippen LogP contribution in [0.2, 0.25) is 0 Å². The van der Waals surface area contributed by atoms with Crippen molar-refractivity contribution in [1.29, 1.82) is 0 Å². The van der Waals surface area contributed by atoms with Crippen LogP contribution in [0, 0.1) is 12.8 Å². The Balaban J connectivity index is 1.16. The van der Waals surface area contributed by atoms with Gasteiger partial charge >= 0.3 is 0 Å². The fourth-order valence-electron chi connectivity index (χ4n) is 4.65. The van der Waals surface area contributed by atoms with Gasteiger partial charge in [-0.25, -0.2) is 13.5 Å². The topological polar surface area (TPSA) is 98.5 Å². The van der Waals surface area contributed by atoms with Crippen LogP contribution in [0.25, 0.3) is 5.69 Å². The van der Waals surface area contributed by atoms with Crippen molar-refractivity contribution in [3.63, 3.8) is 0 Å². The second-order valence-electron chi connectivity index (χ2n) is 9.55. The largest absolute Gasteiger partial charge is 0.470 e. The average molecular weight is 514 g/mol. The summed E-state index contributed by atoms with van der Waals surface area (Å²) in [5, 5.41) is 16.6. The van der Waals surface area contributed by atoms with Crippen molar-refractivity contribution in [3.05, 3.63) is 53.3 Å². The Kier molecular flexibility index (Phi) is 7.00. The highest BCUT2D eigenvalue weighted by molar-refractivity contribution is 5.82. The van der Waals surface area contributed by atoms with Crippen LogP contribution in [0.1, 0.15) is 37.2 Å². The number of hydrogen-bond acceptors (Lipinski definition) is 8. The molecule has 2 aromatic heterocycles. The van der Waals surface area contributed by atoms with E-state index in [9.17, 15) is 13.6 Å². The number of alkyl halides is 2. The highest BCUT2D eigenvalue weighted by Gasteiger charge is 2.38. The number of carbonyl (C=O) groups excluding carboxylic acids is 1. The molecule has 0 saturated carbocycles. The van der Waals surface area contributed by atoms with Gasteiger partial charge in [-0.1, -0.05) is 17.3 Å². The fourth-order valence-corrected chi connectivity index (χ4v) is 4.65. The van der Waals surface area contributed by atoms with Gasteiger partial charge in [0, 0.05) is 37.8 Å². The molecule has 4 heterocycles. The fraction of sp³-hybridized carbons (Fsp3) is 0.480. The molecule has 37 heavy (non-hydrogen) atoms. The second-order valence-corrected chi connectivity index (χ2v) is 9.55. The summed E-state index contributed by atoms with van der Waals surface area (Å²) in [6.07, 6.45) is -2.44. The van der Waals surface area contributed by atoms with Gasteiger partial charge in [0.25, 0.3) is 6.43 Å². The molecule has 0 spiro atoms. The summed E-state index contributed by atoms with van der Waals surface area (Å²) < 4.78 is 38.8. The molecule has 0 radical (unpaired) electrons. The highest BCUT2D eigenvalue weighted by atomic mass is 19.3. The molecule has 12 heteroatoms. The third-order valence-electron chi connectivity index (χ3n) is 6.62. The molecule has 1 amide bonds. The summed E-state index contributed by atoms with van der Waals surface area (Å²) in [5.41, 5.74) is 1.87. The molecule has 3 aromatic rings. The summed E-state index contributed by atoms with van der Waals surface area (Å²) in [6, 6.07) is 9.40. The number of benzene rings is 1. The number of aromatic nitrogens is 5. The molecule has 10 nitrogen and oxygen atoms in total. The zero-order chi connectivity index (χ0) is 26.1. The van der Waals surface area contributed by atoms with E-state index in [1.807, 2.05) is 29.7 Å². The lowest BCUT2D eigenvalue weighted by molar-refractivity contribution is -0.148. The molecule has 0 aliphatic carbocycles. The molecule has 5 rings (SSSR count). The van der Waals surface area contributed by atoms with Crippen LogP contribution in [0.15, 0.2) is 36.4 Å². The van der Waals surface area contributed by atoms with Crippen molar-refractivity contribution >= 4 is 11.7 Å². The Morgan fingerprint density at radius 1 is 1.03 bits per heavy atom. The summed E-state index contributed by atoms with van der Waals surface area (Å²) in [5.74, 6) is 1.12. The van der Waals surface area contributed by atoms with Crippen molar-refractivity contribution < 1.29 is 23.0 Å². The van der Waals surface area contributed by atoms with Crippen molar-refractivity contribution in [2.75, 3.05) is 31.1 Å². The number of anilines is 1. The predicted molar refractivity (Wildman–Crippen MR) is 130 cm³/mol. The Hall–Kier alpha value is -3.67. The van der Waals surface area contributed by atoms with Gasteiger partial charge in [-0.2, -0.15) is 0 Å². The molecule has 2 aliphatic heterocycles. The zero-order valence-corrected chi connectivity index (χ0v) is 20.9. The molecule has 2 fully saturated rings. The van der Waals surface area contributed by atoms with E-state index in [0.717, 1.165) is 0 Å². The van der Waals surface area contributed by atoms with Gasteiger partial charge in [-0.3, -0.25) is 4.79 Å². The van der Waals surface area contributed by atoms with E-state index < -0.39 is 6.43 Å². The maximum atomic E-state index is 12.9. The minimum atomic E-state index is -2.53. The number of morpholine rings is 1. The molecule has 2 aliphatic rings. The van der Waals surface area contributed by atoms with Crippen LogP contribution in [-0.4, -0.2) is 74.4 Å². The Morgan fingerprint density at radius 3 is 2.35 bits per heavy atom. The lowest BCUT2D eigenvalue weighted by Crippen LogP contribution is -2.58. The second kappa shape index (κ2) is 10.4. The van der Waals surface area contributed by atoms with E-state index in [1.165, 1.54) is 12.1 Å². The molecule has 2 unspecified atom stereocenters. The molecular weight excluding hydrogens is 484 g/mol. The number of carbonyl (C=O) groups is 1. The number of ether oxygens (including phenoxy) is 2. The van der Waals surface area contributed by atoms with E-state index in [2.05, 4.69) is 20.5 Å².